The summed E-state index contributed by atoms with van der Waals surface area (Å²) < 4.78 is 21.5. The molecule has 0 saturated carbocycles. The molecule has 2 heterocycles. The molecule has 2 aliphatic heterocycles. The number of anilines is 1. The molecule has 0 bridgehead atoms. The summed E-state index contributed by atoms with van der Waals surface area (Å²) in [5, 5.41) is 11.9. The van der Waals surface area contributed by atoms with E-state index < -0.39 is 17.7 Å². The maximum atomic E-state index is 13.4. The lowest BCUT2D eigenvalue weighted by molar-refractivity contribution is -0.132. The second-order valence-corrected chi connectivity index (χ2v) is 8.26. The van der Waals surface area contributed by atoms with Crippen molar-refractivity contribution in [3.63, 3.8) is 0 Å². The van der Waals surface area contributed by atoms with Crippen molar-refractivity contribution in [3.05, 3.63) is 82.4 Å². The average molecular weight is 494 g/mol. The number of fused-ring (bicyclic) bond motifs is 1. The van der Waals surface area contributed by atoms with Gasteiger partial charge in [-0.1, -0.05) is 23.7 Å². The summed E-state index contributed by atoms with van der Waals surface area (Å²) >= 11 is 6.09. The van der Waals surface area contributed by atoms with Crippen molar-refractivity contribution in [1.29, 1.82) is 0 Å². The van der Waals surface area contributed by atoms with Crippen LogP contribution in [-0.4, -0.2) is 37.8 Å². The van der Waals surface area contributed by atoms with E-state index in [0.29, 0.717) is 39.3 Å². The topological polar surface area (TPSA) is 94.5 Å². The lowest BCUT2D eigenvalue weighted by atomic mass is 9.94. The number of rotatable bonds is 5. The number of methoxy groups -OCH3 is 2. The van der Waals surface area contributed by atoms with E-state index in [0.717, 1.165) is 0 Å². The minimum absolute atomic E-state index is 0.0633. The number of benzene rings is 3. The first-order chi connectivity index (χ1) is 16.9. The minimum atomic E-state index is -0.941. The number of carbonyl (C=O) groups excluding carboxylic acids is 2. The molecule has 2 aliphatic rings. The molecule has 1 fully saturated rings. The Balaban J connectivity index is 1.73. The summed E-state index contributed by atoms with van der Waals surface area (Å²) in [6.45, 7) is 0.0633. The zero-order valence-corrected chi connectivity index (χ0v) is 19.5. The maximum absolute atomic E-state index is 13.4. The average Bonchev–Trinajstić information content (AvgIpc) is 3.45. The first-order valence-electron chi connectivity index (χ1n) is 10.6. The molecular weight excluding hydrogens is 474 g/mol. The smallest absolute Gasteiger partial charge is 0.300 e. The molecule has 5 rings (SSSR count). The zero-order valence-electron chi connectivity index (χ0n) is 18.8. The number of ketones is 1. The van der Waals surface area contributed by atoms with Gasteiger partial charge in [-0.25, -0.2) is 0 Å². The highest BCUT2D eigenvalue weighted by Crippen LogP contribution is 2.46. The van der Waals surface area contributed by atoms with Gasteiger partial charge < -0.3 is 24.1 Å². The highest BCUT2D eigenvalue weighted by atomic mass is 35.5. The molecule has 1 amide bonds. The van der Waals surface area contributed by atoms with Crippen molar-refractivity contribution in [2.24, 2.45) is 0 Å². The van der Waals surface area contributed by atoms with Crippen molar-refractivity contribution in [1.82, 2.24) is 0 Å². The van der Waals surface area contributed by atoms with E-state index in [2.05, 4.69) is 0 Å². The lowest BCUT2D eigenvalue weighted by Gasteiger charge is -2.25. The molecule has 35 heavy (non-hydrogen) atoms. The SMILES string of the molecule is COc1ccc(OC)c(/C(O)=C2\C(=O)C(=O)N(c3ccc4c(c3)OCO4)C2c2ccc(Cl)cc2)c1. The number of hydrogen-bond donors (Lipinski definition) is 1. The number of ether oxygens (including phenoxy) is 4. The summed E-state index contributed by atoms with van der Waals surface area (Å²) in [4.78, 5) is 28.1. The van der Waals surface area contributed by atoms with Gasteiger partial charge in [0.15, 0.2) is 11.5 Å². The summed E-state index contributed by atoms with van der Waals surface area (Å²) in [7, 11) is 2.93. The van der Waals surface area contributed by atoms with Gasteiger partial charge in [0, 0.05) is 16.8 Å². The quantitative estimate of drug-likeness (QED) is 0.312. The van der Waals surface area contributed by atoms with Crippen molar-refractivity contribution in [2.45, 2.75) is 6.04 Å². The highest BCUT2D eigenvalue weighted by Gasteiger charge is 2.47. The molecule has 0 radical (unpaired) electrons. The van der Waals surface area contributed by atoms with Gasteiger partial charge in [0.2, 0.25) is 6.79 Å². The maximum Gasteiger partial charge on any atom is 0.300 e. The number of aliphatic hydroxyl groups is 1. The number of Topliss-reactive ketones (excluding diaryl/α,β-unsaturated/α-hetero) is 1. The fourth-order valence-corrected chi connectivity index (χ4v) is 4.36. The fourth-order valence-electron chi connectivity index (χ4n) is 4.24. The van der Waals surface area contributed by atoms with Gasteiger partial charge in [-0.15, -0.1) is 0 Å². The van der Waals surface area contributed by atoms with Crippen LogP contribution in [0.1, 0.15) is 17.2 Å². The molecule has 3 aromatic carbocycles. The van der Waals surface area contributed by atoms with Gasteiger partial charge >= 0.3 is 0 Å². The fraction of sp³-hybridized carbons (Fsp3) is 0.154. The first kappa shape index (κ1) is 22.6. The Labute approximate surface area is 205 Å². The Morgan fingerprint density at radius 1 is 0.971 bits per heavy atom. The van der Waals surface area contributed by atoms with Crippen LogP contribution in [0.4, 0.5) is 5.69 Å². The molecule has 1 atom stereocenters. The Bertz CT molecular complexity index is 1370. The van der Waals surface area contributed by atoms with Gasteiger partial charge in [0.25, 0.3) is 11.7 Å². The predicted octanol–water partition coefficient (Wildman–Crippen LogP) is 4.71. The predicted molar refractivity (Wildman–Crippen MR) is 128 cm³/mol. The third kappa shape index (κ3) is 3.81. The monoisotopic (exact) mass is 493 g/mol. The third-order valence-corrected chi connectivity index (χ3v) is 6.18. The van der Waals surface area contributed by atoms with Crippen molar-refractivity contribution >= 4 is 34.7 Å². The molecule has 1 unspecified atom stereocenters. The number of aliphatic hydroxyl groups excluding tert-OH is 1. The van der Waals surface area contributed by atoms with Crippen LogP contribution in [-0.2, 0) is 9.59 Å². The number of amides is 1. The number of halogens is 1. The van der Waals surface area contributed by atoms with Crippen LogP contribution in [0.5, 0.6) is 23.0 Å². The molecule has 1 saturated heterocycles. The molecule has 3 aromatic rings. The van der Waals surface area contributed by atoms with Gasteiger partial charge in [-0.2, -0.15) is 0 Å². The summed E-state index contributed by atoms with van der Waals surface area (Å²) in [5.41, 5.74) is 1.11. The highest BCUT2D eigenvalue weighted by molar-refractivity contribution is 6.51. The van der Waals surface area contributed by atoms with E-state index >= 15 is 0 Å². The minimum Gasteiger partial charge on any atom is -0.507 e. The van der Waals surface area contributed by atoms with Crippen LogP contribution in [0.25, 0.3) is 5.76 Å². The molecule has 8 nitrogen and oxygen atoms in total. The molecule has 0 aromatic heterocycles. The van der Waals surface area contributed by atoms with Crippen molar-refractivity contribution < 1.29 is 33.6 Å². The van der Waals surface area contributed by atoms with Crippen LogP contribution in [0, 0.1) is 0 Å². The van der Waals surface area contributed by atoms with Gasteiger partial charge in [0.05, 0.1) is 31.4 Å². The first-order valence-corrected chi connectivity index (χ1v) is 11.0. The molecule has 9 heteroatoms. The molecular formula is C26H20ClNO7. The van der Waals surface area contributed by atoms with Crippen LogP contribution >= 0.6 is 11.6 Å². The Hall–Kier alpha value is -4.17. The van der Waals surface area contributed by atoms with Crippen LogP contribution in [0.2, 0.25) is 5.02 Å². The summed E-state index contributed by atoms with van der Waals surface area (Å²) in [6.07, 6.45) is 0. The standard InChI is InChI=1S/C26H20ClNO7/c1-32-17-8-10-19(33-2)18(12-17)24(29)22-23(14-3-5-15(27)6-4-14)28(26(31)25(22)30)16-7-9-20-21(11-16)35-13-34-20/h3-12,23,29H,13H2,1-2H3/b24-22+. The summed E-state index contributed by atoms with van der Waals surface area (Å²) in [6, 6.07) is 15.5. The van der Waals surface area contributed by atoms with Crippen LogP contribution in [0.3, 0.4) is 0 Å². The molecule has 0 spiro atoms. The normalized spacial score (nSPS) is 18.1. The van der Waals surface area contributed by atoms with E-state index in [9.17, 15) is 14.7 Å². The summed E-state index contributed by atoms with van der Waals surface area (Å²) in [5.74, 6) is -0.282. The van der Waals surface area contributed by atoms with Crippen molar-refractivity contribution in [2.75, 3.05) is 25.9 Å². The van der Waals surface area contributed by atoms with E-state index in [1.807, 2.05) is 0 Å². The van der Waals surface area contributed by atoms with E-state index in [1.54, 1.807) is 60.7 Å². The van der Waals surface area contributed by atoms with E-state index in [1.165, 1.54) is 19.1 Å². The van der Waals surface area contributed by atoms with E-state index in [4.69, 9.17) is 30.5 Å². The largest absolute Gasteiger partial charge is 0.507 e. The van der Waals surface area contributed by atoms with Gasteiger partial charge in [-0.3, -0.25) is 14.5 Å². The molecule has 1 N–H and O–H groups in total. The third-order valence-electron chi connectivity index (χ3n) is 5.93. The second-order valence-electron chi connectivity index (χ2n) is 7.82. The second kappa shape index (κ2) is 8.88. The van der Waals surface area contributed by atoms with Crippen molar-refractivity contribution in [3.8, 4) is 23.0 Å². The lowest BCUT2D eigenvalue weighted by Crippen LogP contribution is -2.29. The zero-order chi connectivity index (χ0) is 24.7. The Morgan fingerprint density at radius 3 is 2.43 bits per heavy atom. The van der Waals surface area contributed by atoms with E-state index in [-0.39, 0.29) is 23.7 Å². The Kier molecular flexibility index (Phi) is 5.74. The molecule has 0 aliphatic carbocycles. The number of nitrogens with zero attached hydrogens (tertiary/aromatic N) is 1. The number of carbonyl (C=O) groups is 2. The van der Waals surface area contributed by atoms with Crippen LogP contribution < -0.4 is 23.8 Å². The Morgan fingerprint density at radius 2 is 1.71 bits per heavy atom. The van der Waals surface area contributed by atoms with Gasteiger partial charge in [0.1, 0.15) is 17.3 Å². The number of hydrogen-bond acceptors (Lipinski definition) is 7. The van der Waals surface area contributed by atoms with Crippen LogP contribution in [0.15, 0.2) is 66.2 Å². The molecule has 178 valence electrons. The van der Waals surface area contributed by atoms with Gasteiger partial charge in [-0.05, 0) is 48.0 Å².